The fourth-order valence-corrected chi connectivity index (χ4v) is 4.13. The standard InChI is InChI=1S/C18H26N2O2/c1-2-22-16-8-6-12(7-9-16)18(21)20-17-13-4-3-5-14(17)11-15(19)10-13/h6-9,13-15,17H,2-5,10-11,19H2,1H3,(H,20,21). The molecule has 1 amide bonds. The molecule has 0 aromatic heterocycles. The molecule has 2 unspecified atom stereocenters. The maximum Gasteiger partial charge on any atom is 0.251 e. The van der Waals surface area contributed by atoms with Gasteiger partial charge in [-0.25, -0.2) is 0 Å². The molecule has 0 saturated heterocycles. The molecular formula is C18H26N2O2. The molecule has 1 aromatic rings. The first-order chi connectivity index (χ1) is 10.7. The van der Waals surface area contributed by atoms with Crippen LogP contribution < -0.4 is 15.8 Å². The summed E-state index contributed by atoms with van der Waals surface area (Å²) in [6.07, 6.45) is 5.75. The summed E-state index contributed by atoms with van der Waals surface area (Å²) >= 11 is 0. The topological polar surface area (TPSA) is 64.3 Å². The normalized spacial score (nSPS) is 30.6. The number of fused-ring (bicyclic) bond motifs is 2. The summed E-state index contributed by atoms with van der Waals surface area (Å²) in [5.41, 5.74) is 6.85. The third-order valence-electron chi connectivity index (χ3n) is 5.10. The molecule has 1 aromatic carbocycles. The van der Waals surface area contributed by atoms with Gasteiger partial charge in [-0.05, 0) is 68.7 Å². The first kappa shape index (κ1) is 15.3. The lowest BCUT2D eigenvalue weighted by molar-refractivity contribution is 0.0756. The predicted octanol–water partition coefficient (Wildman–Crippen LogP) is 2.72. The molecule has 2 bridgehead atoms. The van der Waals surface area contributed by atoms with Crippen LogP contribution in [0, 0.1) is 11.8 Å². The van der Waals surface area contributed by atoms with E-state index in [2.05, 4.69) is 5.32 Å². The van der Waals surface area contributed by atoms with Gasteiger partial charge in [0.1, 0.15) is 5.75 Å². The first-order valence-corrected chi connectivity index (χ1v) is 8.46. The monoisotopic (exact) mass is 302 g/mol. The van der Waals surface area contributed by atoms with Crippen molar-refractivity contribution < 1.29 is 9.53 Å². The lowest BCUT2D eigenvalue weighted by Gasteiger charge is -2.45. The van der Waals surface area contributed by atoms with Crippen LogP contribution in [-0.2, 0) is 0 Å². The molecule has 0 heterocycles. The second kappa shape index (κ2) is 6.69. The van der Waals surface area contributed by atoms with E-state index in [4.69, 9.17) is 10.5 Å². The summed E-state index contributed by atoms with van der Waals surface area (Å²) in [6, 6.07) is 8.00. The van der Waals surface area contributed by atoms with E-state index in [1.807, 2.05) is 31.2 Å². The number of carbonyl (C=O) groups excluding carboxylic acids is 1. The van der Waals surface area contributed by atoms with Crippen LogP contribution in [0.25, 0.3) is 0 Å². The van der Waals surface area contributed by atoms with Crippen LogP contribution in [0.4, 0.5) is 0 Å². The Bertz CT molecular complexity index is 500. The lowest BCUT2D eigenvalue weighted by atomic mass is 9.67. The Kier molecular flexibility index (Phi) is 4.67. The number of nitrogens with two attached hydrogens (primary N) is 1. The molecule has 4 nitrogen and oxygen atoms in total. The molecule has 0 aliphatic heterocycles. The largest absolute Gasteiger partial charge is 0.494 e. The molecule has 4 heteroatoms. The summed E-state index contributed by atoms with van der Waals surface area (Å²) in [6.45, 7) is 2.59. The number of hydrogen-bond donors (Lipinski definition) is 2. The van der Waals surface area contributed by atoms with E-state index in [9.17, 15) is 4.79 Å². The van der Waals surface area contributed by atoms with Crippen molar-refractivity contribution in [3.8, 4) is 5.75 Å². The van der Waals surface area contributed by atoms with Gasteiger partial charge in [0.25, 0.3) is 5.91 Å². The van der Waals surface area contributed by atoms with Gasteiger partial charge in [0.05, 0.1) is 6.61 Å². The third kappa shape index (κ3) is 3.27. The molecule has 2 saturated carbocycles. The molecule has 120 valence electrons. The Balaban J connectivity index is 1.66. The quantitative estimate of drug-likeness (QED) is 0.899. The lowest BCUT2D eigenvalue weighted by Crippen LogP contribution is -2.53. The average Bonchev–Trinajstić information content (AvgIpc) is 2.49. The molecule has 2 aliphatic carbocycles. The van der Waals surface area contributed by atoms with Crippen LogP contribution in [0.2, 0.25) is 0 Å². The number of ether oxygens (including phenoxy) is 1. The Morgan fingerprint density at radius 1 is 1.23 bits per heavy atom. The minimum atomic E-state index is 0.0282. The fraction of sp³-hybridized carbons (Fsp3) is 0.611. The molecule has 3 rings (SSSR count). The van der Waals surface area contributed by atoms with Crippen molar-refractivity contribution in [1.82, 2.24) is 5.32 Å². The summed E-state index contributed by atoms with van der Waals surface area (Å²) < 4.78 is 5.42. The molecule has 3 N–H and O–H groups in total. The fourth-order valence-electron chi connectivity index (χ4n) is 4.13. The molecular weight excluding hydrogens is 276 g/mol. The van der Waals surface area contributed by atoms with Gasteiger partial charge in [-0.15, -0.1) is 0 Å². The van der Waals surface area contributed by atoms with E-state index in [1.165, 1.54) is 19.3 Å². The number of hydrogen-bond acceptors (Lipinski definition) is 3. The van der Waals surface area contributed by atoms with E-state index < -0.39 is 0 Å². The van der Waals surface area contributed by atoms with Crippen LogP contribution in [0.3, 0.4) is 0 Å². The van der Waals surface area contributed by atoms with Crippen LogP contribution in [0.1, 0.15) is 49.4 Å². The van der Waals surface area contributed by atoms with Gasteiger partial charge in [-0.2, -0.15) is 0 Å². The van der Waals surface area contributed by atoms with E-state index >= 15 is 0 Å². The molecule has 0 radical (unpaired) electrons. The van der Waals surface area contributed by atoms with Gasteiger partial charge in [-0.3, -0.25) is 4.79 Å². The van der Waals surface area contributed by atoms with Crippen LogP contribution in [-0.4, -0.2) is 24.6 Å². The smallest absolute Gasteiger partial charge is 0.251 e. The van der Waals surface area contributed by atoms with Crippen molar-refractivity contribution in [2.75, 3.05) is 6.61 Å². The summed E-state index contributed by atoms with van der Waals surface area (Å²) in [7, 11) is 0. The Hall–Kier alpha value is -1.55. The van der Waals surface area contributed by atoms with Crippen molar-refractivity contribution in [2.24, 2.45) is 17.6 Å². The highest BCUT2D eigenvalue weighted by molar-refractivity contribution is 5.94. The molecule has 22 heavy (non-hydrogen) atoms. The maximum atomic E-state index is 12.5. The zero-order valence-corrected chi connectivity index (χ0v) is 13.3. The zero-order valence-electron chi connectivity index (χ0n) is 13.3. The van der Waals surface area contributed by atoms with Gasteiger partial charge < -0.3 is 15.8 Å². The summed E-state index contributed by atoms with van der Waals surface area (Å²) in [5.74, 6) is 1.93. The van der Waals surface area contributed by atoms with Gasteiger partial charge in [0, 0.05) is 17.6 Å². The average molecular weight is 302 g/mol. The Morgan fingerprint density at radius 2 is 1.86 bits per heavy atom. The maximum absolute atomic E-state index is 12.5. The third-order valence-corrected chi connectivity index (χ3v) is 5.10. The van der Waals surface area contributed by atoms with E-state index in [-0.39, 0.29) is 5.91 Å². The second-order valence-electron chi connectivity index (χ2n) is 6.64. The van der Waals surface area contributed by atoms with Crippen LogP contribution in [0.5, 0.6) is 5.75 Å². The van der Waals surface area contributed by atoms with Gasteiger partial charge in [-0.1, -0.05) is 6.42 Å². The minimum absolute atomic E-state index is 0.0282. The number of rotatable bonds is 4. The van der Waals surface area contributed by atoms with E-state index in [0.29, 0.717) is 36.1 Å². The molecule has 2 fully saturated rings. The van der Waals surface area contributed by atoms with Crippen molar-refractivity contribution in [2.45, 2.75) is 51.1 Å². The second-order valence-corrected chi connectivity index (χ2v) is 6.64. The molecule has 0 spiro atoms. The first-order valence-electron chi connectivity index (χ1n) is 8.46. The van der Waals surface area contributed by atoms with Gasteiger partial charge >= 0.3 is 0 Å². The predicted molar refractivity (Wildman–Crippen MR) is 86.9 cm³/mol. The summed E-state index contributed by atoms with van der Waals surface area (Å²) in [5, 5.41) is 3.27. The Morgan fingerprint density at radius 3 is 2.45 bits per heavy atom. The van der Waals surface area contributed by atoms with Crippen molar-refractivity contribution in [1.29, 1.82) is 0 Å². The summed E-state index contributed by atoms with van der Waals surface area (Å²) in [4.78, 5) is 12.5. The highest BCUT2D eigenvalue weighted by atomic mass is 16.5. The molecule has 2 aliphatic rings. The van der Waals surface area contributed by atoms with E-state index in [0.717, 1.165) is 18.6 Å². The van der Waals surface area contributed by atoms with Crippen LogP contribution in [0.15, 0.2) is 24.3 Å². The van der Waals surface area contributed by atoms with Crippen molar-refractivity contribution in [3.05, 3.63) is 29.8 Å². The minimum Gasteiger partial charge on any atom is -0.494 e. The molecule has 2 atom stereocenters. The number of benzene rings is 1. The highest BCUT2D eigenvalue weighted by Gasteiger charge is 2.39. The Labute approximate surface area is 132 Å². The highest BCUT2D eigenvalue weighted by Crippen LogP contribution is 2.39. The van der Waals surface area contributed by atoms with Crippen molar-refractivity contribution in [3.63, 3.8) is 0 Å². The zero-order chi connectivity index (χ0) is 15.5. The van der Waals surface area contributed by atoms with Crippen LogP contribution >= 0.6 is 0 Å². The number of amides is 1. The number of carbonyl (C=O) groups is 1. The number of nitrogens with one attached hydrogen (secondary N) is 1. The van der Waals surface area contributed by atoms with Gasteiger partial charge in [0.2, 0.25) is 0 Å². The van der Waals surface area contributed by atoms with Crippen molar-refractivity contribution >= 4 is 5.91 Å². The SMILES string of the molecule is CCOc1ccc(C(=O)NC2C3CCCC2CC(N)C3)cc1. The van der Waals surface area contributed by atoms with E-state index in [1.54, 1.807) is 0 Å². The van der Waals surface area contributed by atoms with Gasteiger partial charge in [0.15, 0.2) is 0 Å².